The Hall–Kier alpha value is -1.82. The van der Waals surface area contributed by atoms with Crippen molar-refractivity contribution in [2.45, 2.75) is 19.9 Å². The summed E-state index contributed by atoms with van der Waals surface area (Å²) in [6, 6.07) is 10.1. The number of benzene rings is 1. The van der Waals surface area contributed by atoms with Gasteiger partial charge in [-0.15, -0.1) is 24.0 Å². The normalized spacial score (nSPS) is 14.5. The van der Waals surface area contributed by atoms with Crippen LogP contribution in [0.25, 0.3) is 0 Å². The van der Waals surface area contributed by atoms with Crippen LogP contribution < -0.4 is 15.4 Å². The number of furan rings is 1. The number of nitrogens with zero attached hydrogens (tertiary/aromatic N) is 2. The molecule has 1 aliphatic rings. The minimum Gasteiger partial charge on any atom is -0.491 e. The van der Waals surface area contributed by atoms with Crippen molar-refractivity contribution < 1.29 is 18.6 Å². The summed E-state index contributed by atoms with van der Waals surface area (Å²) in [5.74, 6) is 2.60. The number of methoxy groups -OCH3 is 1. The molecule has 0 spiro atoms. The molecule has 1 aromatic carbocycles. The van der Waals surface area contributed by atoms with E-state index in [1.165, 1.54) is 0 Å². The van der Waals surface area contributed by atoms with Gasteiger partial charge in [-0.1, -0.05) is 12.1 Å². The number of ether oxygens (including phenoxy) is 3. The van der Waals surface area contributed by atoms with Gasteiger partial charge in [-0.05, 0) is 30.7 Å². The molecular formula is C24H37IN4O4. The van der Waals surface area contributed by atoms with Crippen molar-refractivity contribution in [3.63, 3.8) is 0 Å². The summed E-state index contributed by atoms with van der Waals surface area (Å²) >= 11 is 0. The fourth-order valence-corrected chi connectivity index (χ4v) is 3.42. The number of aliphatic imine (C=N–C) groups is 1. The van der Waals surface area contributed by atoms with E-state index < -0.39 is 0 Å². The zero-order chi connectivity index (χ0) is 22.4. The Labute approximate surface area is 214 Å². The summed E-state index contributed by atoms with van der Waals surface area (Å²) in [5.41, 5.74) is 2.21. The van der Waals surface area contributed by atoms with Crippen molar-refractivity contribution in [3.8, 4) is 5.75 Å². The van der Waals surface area contributed by atoms with E-state index in [1.807, 2.05) is 12.1 Å². The summed E-state index contributed by atoms with van der Waals surface area (Å²) in [4.78, 5) is 7.22. The van der Waals surface area contributed by atoms with Crippen molar-refractivity contribution >= 4 is 29.9 Å². The van der Waals surface area contributed by atoms with Crippen LogP contribution in [0.4, 0.5) is 0 Å². The standard InChI is InChI=1S/C24H36N4O4.HI/c1-20-5-6-21(23(18-20)32-17-16-29-2)19-27-24(25-8-7-22-4-3-13-31-22)26-9-10-28-11-14-30-15-12-28;/h3-6,13,18H,7-12,14-17,19H2,1-2H3,(H2,25,26,27);1H. The van der Waals surface area contributed by atoms with E-state index in [1.54, 1.807) is 13.4 Å². The second-order valence-electron chi connectivity index (χ2n) is 7.75. The number of aryl methyl sites for hydroxylation is 1. The number of hydrogen-bond acceptors (Lipinski definition) is 6. The molecule has 3 rings (SSSR count). The molecule has 0 aliphatic carbocycles. The highest BCUT2D eigenvalue weighted by atomic mass is 127. The van der Waals surface area contributed by atoms with Crippen LogP contribution in [0.1, 0.15) is 16.9 Å². The van der Waals surface area contributed by atoms with Gasteiger partial charge in [0.1, 0.15) is 18.1 Å². The third kappa shape index (κ3) is 10.3. The summed E-state index contributed by atoms with van der Waals surface area (Å²) in [5, 5.41) is 6.89. The summed E-state index contributed by atoms with van der Waals surface area (Å²) in [6.07, 6.45) is 2.50. The summed E-state index contributed by atoms with van der Waals surface area (Å²) < 4.78 is 21.9. The smallest absolute Gasteiger partial charge is 0.191 e. The van der Waals surface area contributed by atoms with Crippen LogP contribution in [-0.4, -0.2) is 77.1 Å². The lowest BCUT2D eigenvalue weighted by Gasteiger charge is -2.26. The molecule has 2 heterocycles. The highest BCUT2D eigenvalue weighted by Crippen LogP contribution is 2.21. The Morgan fingerprint density at radius 1 is 1.12 bits per heavy atom. The first-order chi connectivity index (χ1) is 15.7. The van der Waals surface area contributed by atoms with Crippen molar-refractivity contribution in [3.05, 3.63) is 53.5 Å². The lowest BCUT2D eigenvalue weighted by Crippen LogP contribution is -2.44. The maximum absolute atomic E-state index is 5.92. The Kier molecular flexibility index (Phi) is 13.2. The molecule has 0 bridgehead atoms. The number of halogens is 1. The molecular weight excluding hydrogens is 535 g/mol. The van der Waals surface area contributed by atoms with Gasteiger partial charge in [0, 0.05) is 51.8 Å². The number of morpholine rings is 1. The quantitative estimate of drug-likeness (QED) is 0.175. The number of nitrogens with one attached hydrogen (secondary N) is 2. The van der Waals surface area contributed by atoms with E-state index in [4.69, 9.17) is 23.6 Å². The summed E-state index contributed by atoms with van der Waals surface area (Å²) in [7, 11) is 1.67. The van der Waals surface area contributed by atoms with Crippen LogP contribution in [0, 0.1) is 6.92 Å². The Balaban J connectivity index is 0.00000385. The first-order valence-corrected chi connectivity index (χ1v) is 11.3. The van der Waals surface area contributed by atoms with Gasteiger partial charge < -0.3 is 29.3 Å². The third-order valence-electron chi connectivity index (χ3n) is 5.24. The second-order valence-corrected chi connectivity index (χ2v) is 7.75. The topological polar surface area (TPSA) is 80.5 Å². The zero-order valence-corrected chi connectivity index (χ0v) is 22.0. The van der Waals surface area contributed by atoms with Gasteiger partial charge >= 0.3 is 0 Å². The number of rotatable bonds is 12. The molecule has 8 nitrogen and oxygen atoms in total. The van der Waals surface area contributed by atoms with Gasteiger partial charge in [-0.2, -0.15) is 0 Å². The lowest BCUT2D eigenvalue weighted by atomic mass is 10.1. The largest absolute Gasteiger partial charge is 0.491 e. The van der Waals surface area contributed by atoms with Gasteiger partial charge in [0.2, 0.25) is 0 Å². The van der Waals surface area contributed by atoms with E-state index in [0.717, 1.165) is 81.0 Å². The van der Waals surface area contributed by atoms with Crippen molar-refractivity contribution in [2.24, 2.45) is 4.99 Å². The van der Waals surface area contributed by atoms with Crippen molar-refractivity contribution in [1.82, 2.24) is 15.5 Å². The molecule has 184 valence electrons. The second kappa shape index (κ2) is 15.9. The molecule has 1 fully saturated rings. The van der Waals surface area contributed by atoms with Crippen LogP contribution in [0.15, 0.2) is 46.0 Å². The van der Waals surface area contributed by atoms with E-state index in [9.17, 15) is 0 Å². The predicted octanol–water partition coefficient (Wildman–Crippen LogP) is 2.84. The van der Waals surface area contributed by atoms with Crippen molar-refractivity contribution in [2.75, 3.05) is 66.3 Å². The van der Waals surface area contributed by atoms with E-state index in [0.29, 0.717) is 19.8 Å². The average Bonchev–Trinajstić information content (AvgIpc) is 3.32. The molecule has 0 unspecified atom stereocenters. The van der Waals surface area contributed by atoms with Gasteiger partial charge in [-0.25, -0.2) is 4.99 Å². The minimum absolute atomic E-state index is 0. The monoisotopic (exact) mass is 572 g/mol. The van der Waals surface area contributed by atoms with Crippen molar-refractivity contribution in [1.29, 1.82) is 0 Å². The zero-order valence-electron chi connectivity index (χ0n) is 19.7. The Bertz CT molecular complexity index is 811. The van der Waals surface area contributed by atoms with E-state index >= 15 is 0 Å². The maximum atomic E-state index is 5.92. The number of guanidine groups is 1. The van der Waals surface area contributed by atoms with Crippen LogP contribution in [0.5, 0.6) is 5.75 Å². The van der Waals surface area contributed by atoms with Gasteiger partial charge in [0.25, 0.3) is 0 Å². The van der Waals surface area contributed by atoms with Gasteiger partial charge in [0.05, 0.1) is 32.6 Å². The maximum Gasteiger partial charge on any atom is 0.191 e. The molecule has 0 atom stereocenters. The van der Waals surface area contributed by atoms with Crippen LogP contribution in [0.2, 0.25) is 0 Å². The first kappa shape index (κ1) is 27.4. The summed E-state index contributed by atoms with van der Waals surface area (Å²) in [6.45, 7) is 9.74. The first-order valence-electron chi connectivity index (χ1n) is 11.3. The third-order valence-corrected chi connectivity index (χ3v) is 5.24. The predicted molar refractivity (Wildman–Crippen MR) is 141 cm³/mol. The molecule has 1 aromatic heterocycles. The molecule has 0 amide bonds. The lowest BCUT2D eigenvalue weighted by molar-refractivity contribution is 0.0389. The van der Waals surface area contributed by atoms with Crippen LogP contribution >= 0.6 is 24.0 Å². The number of hydrogen-bond donors (Lipinski definition) is 2. The van der Waals surface area contributed by atoms with Gasteiger partial charge in [0.15, 0.2) is 5.96 Å². The average molecular weight is 572 g/mol. The van der Waals surface area contributed by atoms with Crippen LogP contribution in [-0.2, 0) is 22.4 Å². The van der Waals surface area contributed by atoms with E-state index in [-0.39, 0.29) is 24.0 Å². The molecule has 1 saturated heterocycles. The molecule has 33 heavy (non-hydrogen) atoms. The molecule has 1 aliphatic heterocycles. The van der Waals surface area contributed by atoms with E-state index in [2.05, 4.69) is 40.7 Å². The fraction of sp³-hybridized carbons (Fsp3) is 0.542. The molecule has 0 radical (unpaired) electrons. The highest BCUT2D eigenvalue weighted by Gasteiger charge is 2.10. The fourth-order valence-electron chi connectivity index (χ4n) is 3.42. The Morgan fingerprint density at radius 2 is 1.94 bits per heavy atom. The highest BCUT2D eigenvalue weighted by molar-refractivity contribution is 14.0. The molecule has 0 saturated carbocycles. The minimum atomic E-state index is 0. The van der Waals surface area contributed by atoms with Gasteiger partial charge in [-0.3, -0.25) is 4.90 Å². The molecule has 9 heteroatoms. The molecule has 2 N–H and O–H groups in total. The SMILES string of the molecule is COCCOc1cc(C)ccc1CN=C(NCCc1ccco1)NCCN1CCOCC1.I. The molecule has 2 aromatic rings. The van der Waals surface area contributed by atoms with Crippen LogP contribution in [0.3, 0.4) is 0 Å². The Morgan fingerprint density at radius 3 is 2.70 bits per heavy atom.